The third kappa shape index (κ3) is 1.09. The Labute approximate surface area is 73.4 Å². The molecule has 0 spiro atoms. The zero-order valence-corrected chi connectivity index (χ0v) is 7.72. The van der Waals surface area contributed by atoms with Gasteiger partial charge in [0.25, 0.3) is 0 Å². The lowest BCUT2D eigenvalue weighted by Gasteiger charge is -1.88. The fraction of sp³-hybridized carbons (Fsp3) is 0.500. The molecule has 0 atom stereocenters. The SMILES string of the molecule is CNCc1nn2c(C)nnc2s1. The minimum absolute atomic E-state index is 0.785. The van der Waals surface area contributed by atoms with Crippen LogP contribution in [-0.2, 0) is 6.54 Å². The van der Waals surface area contributed by atoms with Crippen LogP contribution >= 0.6 is 11.3 Å². The highest BCUT2D eigenvalue weighted by Gasteiger charge is 2.06. The van der Waals surface area contributed by atoms with Gasteiger partial charge in [-0.25, -0.2) is 0 Å². The number of rotatable bonds is 2. The number of aryl methyl sites for hydroxylation is 1. The standard InChI is InChI=1S/C6H9N5S/c1-4-8-9-6-11(4)10-5(12-6)3-7-2/h7H,3H2,1-2H3. The fourth-order valence-electron chi connectivity index (χ4n) is 0.977. The first kappa shape index (κ1) is 7.63. The molecule has 64 valence electrons. The average molecular weight is 183 g/mol. The summed E-state index contributed by atoms with van der Waals surface area (Å²) in [4.78, 5) is 0.859. The van der Waals surface area contributed by atoms with Gasteiger partial charge in [0.15, 0.2) is 5.82 Å². The topological polar surface area (TPSA) is 55.1 Å². The Hall–Kier alpha value is -1.01. The van der Waals surface area contributed by atoms with Crippen LogP contribution < -0.4 is 5.32 Å². The van der Waals surface area contributed by atoms with E-state index >= 15 is 0 Å². The molecule has 2 rings (SSSR count). The molecule has 0 bridgehead atoms. The van der Waals surface area contributed by atoms with Gasteiger partial charge in [-0.15, -0.1) is 10.2 Å². The number of fused-ring (bicyclic) bond motifs is 1. The number of hydrogen-bond acceptors (Lipinski definition) is 5. The van der Waals surface area contributed by atoms with Gasteiger partial charge >= 0.3 is 0 Å². The normalized spacial score (nSPS) is 11.2. The van der Waals surface area contributed by atoms with Gasteiger partial charge in [-0.3, -0.25) is 0 Å². The number of nitrogens with one attached hydrogen (secondary N) is 1. The Morgan fingerprint density at radius 3 is 3.00 bits per heavy atom. The monoisotopic (exact) mass is 183 g/mol. The van der Waals surface area contributed by atoms with Crippen LogP contribution in [0.1, 0.15) is 10.8 Å². The van der Waals surface area contributed by atoms with Crippen molar-refractivity contribution in [2.45, 2.75) is 13.5 Å². The van der Waals surface area contributed by atoms with Crippen molar-refractivity contribution in [3.05, 3.63) is 10.8 Å². The summed E-state index contributed by atoms with van der Waals surface area (Å²) in [5.41, 5.74) is 0. The second-order valence-electron chi connectivity index (χ2n) is 2.47. The van der Waals surface area contributed by atoms with E-state index in [9.17, 15) is 0 Å². The summed E-state index contributed by atoms with van der Waals surface area (Å²) in [5.74, 6) is 0.837. The van der Waals surface area contributed by atoms with Crippen molar-refractivity contribution < 1.29 is 0 Å². The van der Waals surface area contributed by atoms with Gasteiger partial charge in [-0.2, -0.15) is 9.61 Å². The lowest BCUT2D eigenvalue weighted by Crippen LogP contribution is -2.05. The zero-order valence-electron chi connectivity index (χ0n) is 6.90. The van der Waals surface area contributed by atoms with Gasteiger partial charge < -0.3 is 5.32 Å². The van der Waals surface area contributed by atoms with Gasteiger partial charge in [0, 0.05) is 6.54 Å². The molecular weight excluding hydrogens is 174 g/mol. The van der Waals surface area contributed by atoms with Crippen molar-refractivity contribution in [2.24, 2.45) is 0 Å². The Kier molecular flexibility index (Phi) is 1.78. The van der Waals surface area contributed by atoms with E-state index in [1.54, 1.807) is 15.9 Å². The van der Waals surface area contributed by atoms with E-state index in [0.29, 0.717) is 0 Å². The average Bonchev–Trinajstić information content (AvgIpc) is 2.55. The summed E-state index contributed by atoms with van der Waals surface area (Å²) in [7, 11) is 1.90. The van der Waals surface area contributed by atoms with Crippen LogP contribution in [0.4, 0.5) is 0 Å². The van der Waals surface area contributed by atoms with Gasteiger partial charge in [-0.05, 0) is 14.0 Å². The van der Waals surface area contributed by atoms with E-state index < -0.39 is 0 Å². The largest absolute Gasteiger partial charge is 0.313 e. The molecule has 0 amide bonds. The van der Waals surface area contributed by atoms with Crippen molar-refractivity contribution in [1.29, 1.82) is 0 Å². The molecule has 2 aromatic heterocycles. The van der Waals surface area contributed by atoms with E-state index in [0.717, 1.165) is 22.3 Å². The van der Waals surface area contributed by atoms with Crippen LogP contribution in [0.5, 0.6) is 0 Å². The van der Waals surface area contributed by atoms with Gasteiger partial charge in [0.05, 0.1) is 0 Å². The number of aromatic nitrogens is 4. The highest BCUT2D eigenvalue weighted by atomic mass is 32.1. The van der Waals surface area contributed by atoms with Gasteiger partial charge in [0.2, 0.25) is 4.96 Å². The van der Waals surface area contributed by atoms with Crippen molar-refractivity contribution >= 4 is 16.3 Å². The van der Waals surface area contributed by atoms with Gasteiger partial charge in [-0.1, -0.05) is 11.3 Å². The first-order valence-electron chi connectivity index (χ1n) is 3.63. The van der Waals surface area contributed by atoms with Crippen molar-refractivity contribution in [1.82, 2.24) is 25.1 Å². The molecule has 0 fully saturated rings. The van der Waals surface area contributed by atoms with Crippen LogP contribution in [0.25, 0.3) is 4.96 Å². The summed E-state index contributed by atoms with van der Waals surface area (Å²) in [6.07, 6.45) is 0. The molecule has 0 radical (unpaired) electrons. The molecule has 0 aliphatic rings. The molecule has 0 saturated carbocycles. The van der Waals surface area contributed by atoms with E-state index in [2.05, 4.69) is 20.6 Å². The molecular formula is C6H9N5S. The molecule has 0 aliphatic heterocycles. The molecule has 0 unspecified atom stereocenters. The molecule has 5 nitrogen and oxygen atoms in total. The molecule has 2 heterocycles. The highest BCUT2D eigenvalue weighted by molar-refractivity contribution is 7.16. The quantitative estimate of drug-likeness (QED) is 0.723. The molecule has 0 aliphatic carbocycles. The fourth-order valence-corrected chi connectivity index (χ4v) is 1.87. The van der Waals surface area contributed by atoms with Crippen LogP contribution in [0.3, 0.4) is 0 Å². The van der Waals surface area contributed by atoms with Crippen LogP contribution in [0.15, 0.2) is 0 Å². The van der Waals surface area contributed by atoms with E-state index in [1.165, 1.54) is 0 Å². The third-order valence-electron chi connectivity index (χ3n) is 1.52. The zero-order chi connectivity index (χ0) is 8.55. The first-order valence-corrected chi connectivity index (χ1v) is 4.45. The van der Waals surface area contributed by atoms with Crippen molar-refractivity contribution in [2.75, 3.05) is 7.05 Å². The van der Waals surface area contributed by atoms with Crippen LogP contribution in [0, 0.1) is 6.92 Å². The molecule has 0 saturated heterocycles. The second-order valence-corrected chi connectivity index (χ2v) is 3.51. The summed E-state index contributed by atoms with van der Waals surface area (Å²) in [6.45, 7) is 2.68. The smallest absolute Gasteiger partial charge is 0.234 e. The predicted octanol–water partition coefficient (Wildman–Crippen LogP) is 0.214. The molecule has 12 heavy (non-hydrogen) atoms. The highest BCUT2D eigenvalue weighted by Crippen LogP contribution is 2.12. The lowest BCUT2D eigenvalue weighted by molar-refractivity contribution is 0.770. The maximum atomic E-state index is 4.31. The maximum absolute atomic E-state index is 4.31. The van der Waals surface area contributed by atoms with E-state index in [4.69, 9.17) is 0 Å². The van der Waals surface area contributed by atoms with Crippen molar-refractivity contribution in [3.8, 4) is 0 Å². The Morgan fingerprint density at radius 2 is 2.33 bits per heavy atom. The van der Waals surface area contributed by atoms with Gasteiger partial charge in [0.1, 0.15) is 5.01 Å². The molecule has 1 N–H and O–H groups in total. The van der Waals surface area contributed by atoms with Crippen molar-refractivity contribution in [3.63, 3.8) is 0 Å². The minimum atomic E-state index is 0.785. The summed E-state index contributed by atoms with van der Waals surface area (Å²) in [6, 6.07) is 0. The molecule has 2 aromatic rings. The molecule has 0 aromatic carbocycles. The van der Waals surface area contributed by atoms with Crippen LogP contribution in [0.2, 0.25) is 0 Å². The summed E-state index contributed by atoms with van der Waals surface area (Å²) in [5, 5.41) is 16.2. The Balaban J connectivity index is 2.48. The Bertz CT molecular complexity index is 389. The van der Waals surface area contributed by atoms with Crippen LogP contribution in [-0.4, -0.2) is 26.9 Å². The number of hydrogen-bond donors (Lipinski definition) is 1. The minimum Gasteiger partial charge on any atom is -0.313 e. The third-order valence-corrected chi connectivity index (χ3v) is 2.42. The predicted molar refractivity (Wildman–Crippen MR) is 46.2 cm³/mol. The lowest BCUT2D eigenvalue weighted by atomic mass is 10.7. The van der Waals surface area contributed by atoms with E-state index in [-0.39, 0.29) is 0 Å². The summed E-state index contributed by atoms with van der Waals surface area (Å²) < 4.78 is 1.76. The second kappa shape index (κ2) is 2.80. The first-order chi connectivity index (χ1) is 5.81. The Morgan fingerprint density at radius 1 is 1.50 bits per heavy atom. The summed E-state index contributed by atoms with van der Waals surface area (Å²) >= 11 is 1.56. The molecule has 6 heteroatoms. The van der Waals surface area contributed by atoms with E-state index in [1.807, 2.05) is 14.0 Å². The number of nitrogens with zero attached hydrogens (tertiary/aromatic N) is 4. The maximum Gasteiger partial charge on any atom is 0.234 e.